The highest BCUT2D eigenvalue weighted by Gasteiger charge is 2.29. The van der Waals surface area contributed by atoms with Crippen LogP contribution in [0, 0.1) is 17.8 Å². The van der Waals surface area contributed by atoms with E-state index in [1.807, 2.05) is 24.3 Å². The van der Waals surface area contributed by atoms with Crippen LogP contribution in [0.2, 0.25) is 0 Å². The minimum Gasteiger partial charge on any atom is -0.299 e. The molecule has 1 unspecified atom stereocenters. The number of rotatable bonds is 9. The second-order valence-corrected chi connectivity index (χ2v) is 5.36. The van der Waals surface area contributed by atoms with Crippen LogP contribution in [0.15, 0.2) is 49.6 Å². The van der Waals surface area contributed by atoms with Gasteiger partial charge in [0.2, 0.25) is 0 Å². The third-order valence-electron chi connectivity index (χ3n) is 3.90. The first-order chi connectivity index (χ1) is 9.72. The van der Waals surface area contributed by atoms with Crippen molar-refractivity contribution in [3.8, 4) is 0 Å². The lowest BCUT2D eigenvalue weighted by atomic mass is 9.74. The largest absolute Gasteiger partial charge is 0.299 e. The van der Waals surface area contributed by atoms with Gasteiger partial charge in [0.1, 0.15) is 6.29 Å². The van der Waals surface area contributed by atoms with E-state index in [0.717, 1.165) is 38.4 Å². The molecule has 0 aromatic rings. The van der Waals surface area contributed by atoms with Crippen LogP contribution in [-0.2, 0) is 9.59 Å². The third-order valence-corrected chi connectivity index (χ3v) is 3.90. The third kappa shape index (κ3) is 5.12. The Morgan fingerprint density at radius 2 is 2.10 bits per heavy atom. The Hall–Kier alpha value is -1.70. The molecule has 0 aliphatic heterocycles. The molecule has 0 radical (unpaired) electrons. The van der Waals surface area contributed by atoms with Crippen molar-refractivity contribution in [2.24, 2.45) is 17.8 Å². The molecule has 0 spiro atoms. The topological polar surface area (TPSA) is 34.1 Å². The summed E-state index contributed by atoms with van der Waals surface area (Å²) in [5.41, 5.74) is 0. The summed E-state index contributed by atoms with van der Waals surface area (Å²) in [6.07, 6.45) is 16.1. The van der Waals surface area contributed by atoms with Crippen molar-refractivity contribution >= 4 is 12.1 Å². The number of allylic oxidation sites excluding steroid dienone is 6. The molecule has 0 fully saturated rings. The summed E-state index contributed by atoms with van der Waals surface area (Å²) in [7, 11) is 0. The van der Waals surface area contributed by atoms with Gasteiger partial charge in [-0.15, -0.1) is 13.2 Å². The predicted octanol–water partition coefficient (Wildman–Crippen LogP) is 4.05. The van der Waals surface area contributed by atoms with E-state index in [0.29, 0.717) is 11.8 Å². The summed E-state index contributed by atoms with van der Waals surface area (Å²) < 4.78 is 0. The van der Waals surface area contributed by atoms with E-state index >= 15 is 0 Å². The van der Waals surface area contributed by atoms with Crippen molar-refractivity contribution in [1.29, 1.82) is 0 Å². The summed E-state index contributed by atoms with van der Waals surface area (Å²) in [4.78, 5) is 22.5. The maximum Gasteiger partial charge on any atom is 0.158 e. The van der Waals surface area contributed by atoms with Crippen molar-refractivity contribution in [2.45, 2.75) is 32.1 Å². The van der Waals surface area contributed by atoms with Gasteiger partial charge in [0, 0.05) is 5.92 Å². The summed E-state index contributed by atoms with van der Waals surface area (Å²) in [6, 6.07) is 0. The molecule has 0 aromatic heterocycles. The van der Waals surface area contributed by atoms with Crippen LogP contribution in [-0.4, -0.2) is 12.1 Å². The SMILES string of the molecule is C=CCC1CC=CC(=O)[C@H]1C[C@H](CC=C)C/C=C\C=O. The Kier molecular flexibility index (Phi) is 7.56. The Morgan fingerprint density at radius 3 is 2.75 bits per heavy atom. The van der Waals surface area contributed by atoms with E-state index in [1.165, 1.54) is 6.08 Å². The highest BCUT2D eigenvalue weighted by Crippen LogP contribution is 2.33. The standard InChI is InChI=1S/C18H24O2/c1-3-8-15(10-5-6-13-19)14-17-16(9-4-2)11-7-12-18(17)20/h3-7,12-13,15-17H,1-2,8-11,14H2/b6-5-/t15-,16?,17+/m1/s1. The van der Waals surface area contributed by atoms with Crippen molar-refractivity contribution in [3.63, 3.8) is 0 Å². The molecule has 0 saturated carbocycles. The number of hydrogen-bond acceptors (Lipinski definition) is 2. The van der Waals surface area contributed by atoms with Crippen molar-refractivity contribution in [1.82, 2.24) is 0 Å². The first-order valence-electron chi connectivity index (χ1n) is 7.25. The molecule has 108 valence electrons. The van der Waals surface area contributed by atoms with Gasteiger partial charge in [0.15, 0.2) is 5.78 Å². The number of ketones is 1. The highest BCUT2D eigenvalue weighted by molar-refractivity contribution is 5.92. The minimum atomic E-state index is 0.0765. The quantitative estimate of drug-likeness (QED) is 0.360. The summed E-state index contributed by atoms with van der Waals surface area (Å²) in [5.74, 6) is 1.05. The van der Waals surface area contributed by atoms with Crippen LogP contribution in [0.3, 0.4) is 0 Å². The Labute approximate surface area is 122 Å². The van der Waals surface area contributed by atoms with Gasteiger partial charge in [-0.1, -0.05) is 24.3 Å². The first kappa shape index (κ1) is 16.4. The lowest BCUT2D eigenvalue weighted by Gasteiger charge is -2.29. The van der Waals surface area contributed by atoms with Gasteiger partial charge < -0.3 is 0 Å². The second-order valence-electron chi connectivity index (χ2n) is 5.36. The molecule has 1 aliphatic carbocycles. The molecule has 1 aliphatic rings. The molecule has 0 aromatic carbocycles. The summed E-state index contributed by atoms with van der Waals surface area (Å²) >= 11 is 0. The Morgan fingerprint density at radius 1 is 1.30 bits per heavy atom. The second kappa shape index (κ2) is 9.24. The van der Waals surface area contributed by atoms with Gasteiger partial charge >= 0.3 is 0 Å². The fourth-order valence-electron chi connectivity index (χ4n) is 2.87. The van der Waals surface area contributed by atoms with Crippen LogP contribution in [0.25, 0.3) is 0 Å². The Bertz CT molecular complexity index is 404. The number of carbonyl (C=O) groups is 2. The molecule has 2 heteroatoms. The molecule has 2 nitrogen and oxygen atoms in total. The minimum absolute atomic E-state index is 0.0765. The summed E-state index contributed by atoms with van der Waals surface area (Å²) in [6.45, 7) is 7.58. The van der Waals surface area contributed by atoms with Gasteiger partial charge in [-0.3, -0.25) is 9.59 Å². The number of aldehydes is 1. The van der Waals surface area contributed by atoms with E-state index in [2.05, 4.69) is 13.2 Å². The van der Waals surface area contributed by atoms with Crippen molar-refractivity contribution in [2.75, 3.05) is 0 Å². The van der Waals surface area contributed by atoms with Crippen LogP contribution in [0.5, 0.6) is 0 Å². The monoisotopic (exact) mass is 272 g/mol. The van der Waals surface area contributed by atoms with Crippen LogP contribution >= 0.6 is 0 Å². The predicted molar refractivity (Wildman–Crippen MR) is 83.3 cm³/mol. The normalized spacial score (nSPS) is 23.7. The van der Waals surface area contributed by atoms with E-state index < -0.39 is 0 Å². The highest BCUT2D eigenvalue weighted by atomic mass is 16.1. The molecule has 3 atom stereocenters. The van der Waals surface area contributed by atoms with Gasteiger partial charge in [0.05, 0.1) is 0 Å². The number of carbonyl (C=O) groups excluding carboxylic acids is 2. The van der Waals surface area contributed by atoms with Gasteiger partial charge in [-0.2, -0.15) is 0 Å². The average molecular weight is 272 g/mol. The smallest absolute Gasteiger partial charge is 0.158 e. The molecular formula is C18H24O2. The average Bonchev–Trinajstić information content (AvgIpc) is 2.43. The van der Waals surface area contributed by atoms with E-state index in [4.69, 9.17) is 0 Å². The van der Waals surface area contributed by atoms with Crippen molar-refractivity contribution in [3.05, 3.63) is 49.6 Å². The van der Waals surface area contributed by atoms with Crippen LogP contribution in [0.4, 0.5) is 0 Å². The lowest BCUT2D eigenvalue weighted by molar-refractivity contribution is -0.121. The molecular weight excluding hydrogens is 248 g/mol. The van der Waals surface area contributed by atoms with Gasteiger partial charge in [-0.05, 0) is 56.1 Å². The Balaban J connectivity index is 2.71. The molecule has 1 rings (SSSR count). The van der Waals surface area contributed by atoms with E-state index in [-0.39, 0.29) is 11.7 Å². The fourth-order valence-corrected chi connectivity index (χ4v) is 2.87. The lowest BCUT2D eigenvalue weighted by Crippen LogP contribution is -2.27. The molecule has 0 N–H and O–H groups in total. The van der Waals surface area contributed by atoms with Crippen LogP contribution in [0.1, 0.15) is 32.1 Å². The fraction of sp³-hybridized carbons (Fsp3) is 0.444. The van der Waals surface area contributed by atoms with Crippen LogP contribution < -0.4 is 0 Å². The molecule has 0 bridgehead atoms. The molecule has 0 amide bonds. The maximum atomic E-state index is 12.1. The summed E-state index contributed by atoms with van der Waals surface area (Å²) in [5, 5.41) is 0. The van der Waals surface area contributed by atoms with E-state index in [1.54, 1.807) is 6.08 Å². The zero-order valence-corrected chi connectivity index (χ0v) is 12.0. The van der Waals surface area contributed by atoms with Gasteiger partial charge in [0.25, 0.3) is 0 Å². The maximum absolute atomic E-state index is 12.1. The first-order valence-corrected chi connectivity index (χ1v) is 7.25. The number of hydrogen-bond donors (Lipinski definition) is 0. The molecule has 0 saturated heterocycles. The molecule has 0 heterocycles. The zero-order chi connectivity index (χ0) is 14.8. The van der Waals surface area contributed by atoms with Crippen molar-refractivity contribution < 1.29 is 9.59 Å². The molecule has 20 heavy (non-hydrogen) atoms. The van der Waals surface area contributed by atoms with Gasteiger partial charge in [-0.25, -0.2) is 0 Å². The zero-order valence-electron chi connectivity index (χ0n) is 12.0. The van der Waals surface area contributed by atoms with E-state index in [9.17, 15) is 9.59 Å².